The summed E-state index contributed by atoms with van der Waals surface area (Å²) in [7, 11) is 0. The Morgan fingerprint density at radius 2 is 1.50 bits per heavy atom. The van der Waals surface area contributed by atoms with Crippen molar-refractivity contribution in [1.82, 2.24) is 10.6 Å². The maximum Gasteiger partial charge on any atom is 0.405 e. The van der Waals surface area contributed by atoms with E-state index in [1.54, 1.807) is 18.2 Å². The summed E-state index contributed by atoms with van der Waals surface area (Å²) >= 11 is 11.9. The second kappa shape index (κ2) is 13.8. The molecule has 0 aliphatic rings. The average molecular weight is 607 g/mol. The Morgan fingerprint density at radius 3 is 2.02 bits per heavy atom. The molecule has 2 N–H and O–H groups in total. The standard InChI is InChI=1S/C27H25Cl2F5N2O4/c1-15(2)20(24(39)27(33,34)25(40)35-14-26(30,31)32)13-21(37)23(17-6-4-3-5-7-17)36-22(38)9-8-16-10-18(28)12-19(29)11-16/h3-12,15,20,23H,13-14H2,1-2H3,(H,35,40)(H,36,38)/b9-8+/t20-,23-/m0/s1. The molecular weight excluding hydrogens is 582 g/mol. The molecular formula is C27H25Cl2F5N2O4. The molecule has 2 aromatic rings. The van der Waals surface area contributed by atoms with E-state index in [0.29, 0.717) is 15.6 Å². The van der Waals surface area contributed by atoms with E-state index in [4.69, 9.17) is 23.2 Å². The first-order valence-electron chi connectivity index (χ1n) is 11.8. The van der Waals surface area contributed by atoms with Crippen LogP contribution in [0.2, 0.25) is 10.0 Å². The average Bonchev–Trinajstić information content (AvgIpc) is 2.86. The predicted octanol–water partition coefficient (Wildman–Crippen LogP) is 5.98. The van der Waals surface area contributed by atoms with Gasteiger partial charge in [0, 0.05) is 28.5 Å². The van der Waals surface area contributed by atoms with Crippen LogP contribution in [0.1, 0.15) is 37.4 Å². The third kappa shape index (κ3) is 9.71. The Morgan fingerprint density at radius 1 is 0.925 bits per heavy atom. The van der Waals surface area contributed by atoms with Gasteiger partial charge in [-0.15, -0.1) is 0 Å². The number of benzene rings is 2. The summed E-state index contributed by atoms with van der Waals surface area (Å²) in [5.74, 6) is -13.5. The van der Waals surface area contributed by atoms with Crippen LogP contribution in [0.5, 0.6) is 0 Å². The number of ketones is 2. The van der Waals surface area contributed by atoms with Gasteiger partial charge in [0.05, 0.1) is 0 Å². The van der Waals surface area contributed by atoms with Crippen LogP contribution in [-0.2, 0) is 19.2 Å². The van der Waals surface area contributed by atoms with E-state index in [1.807, 2.05) is 0 Å². The Balaban J connectivity index is 2.27. The van der Waals surface area contributed by atoms with Crippen LogP contribution in [-0.4, -0.2) is 42.0 Å². The number of carbonyl (C=O) groups is 4. The fourth-order valence-electron chi connectivity index (χ4n) is 3.63. The molecule has 0 bridgehead atoms. The second-order valence-corrected chi connectivity index (χ2v) is 10.0. The van der Waals surface area contributed by atoms with Crippen molar-refractivity contribution in [2.45, 2.75) is 38.4 Å². The van der Waals surface area contributed by atoms with Crippen LogP contribution in [0.25, 0.3) is 6.08 Å². The van der Waals surface area contributed by atoms with Gasteiger partial charge in [-0.2, -0.15) is 22.0 Å². The zero-order valence-corrected chi connectivity index (χ0v) is 22.7. The molecule has 0 heterocycles. The smallest absolute Gasteiger partial charge is 0.341 e. The van der Waals surface area contributed by atoms with Gasteiger partial charge in [-0.1, -0.05) is 67.4 Å². The number of carbonyl (C=O) groups excluding carboxylic acids is 4. The third-order valence-corrected chi connectivity index (χ3v) is 6.10. The molecule has 2 aromatic carbocycles. The molecule has 2 atom stereocenters. The first-order valence-corrected chi connectivity index (χ1v) is 12.6. The molecule has 0 radical (unpaired) electrons. The fourth-order valence-corrected chi connectivity index (χ4v) is 4.17. The van der Waals surface area contributed by atoms with Gasteiger partial charge < -0.3 is 10.6 Å². The molecule has 6 nitrogen and oxygen atoms in total. The Bertz CT molecular complexity index is 1250. The number of amides is 2. The SMILES string of the molecule is CC(C)[C@H](CC(=O)[C@@H](NC(=O)/C=C/c1cc(Cl)cc(Cl)c1)c1ccccc1)C(=O)C(F)(F)C(=O)NCC(F)(F)F. The van der Waals surface area contributed by atoms with E-state index < -0.39 is 66.3 Å². The van der Waals surface area contributed by atoms with Crippen molar-refractivity contribution in [3.05, 3.63) is 75.8 Å². The predicted molar refractivity (Wildman–Crippen MR) is 140 cm³/mol. The summed E-state index contributed by atoms with van der Waals surface area (Å²) in [5, 5.41) is 4.10. The van der Waals surface area contributed by atoms with Crippen molar-refractivity contribution in [2.75, 3.05) is 6.54 Å². The van der Waals surface area contributed by atoms with Gasteiger partial charge in [0.2, 0.25) is 11.7 Å². The summed E-state index contributed by atoms with van der Waals surface area (Å²) in [4.78, 5) is 50.4. The van der Waals surface area contributed by atoms with Crippen molar-refractivity contribution < 1.29 is 41.1 Å². The van der Waals surface area contributed by atoms with Crippen LogP contribution in [0.15, 0.2) is 54.6 Å². The molecule has 0 unspecified atom stereocenters. The molecule has 40 heavy (non-hydrogen) atoms. The highest BCUT2D eigenvalue weighted by molar-refractivity contribution is 6.34. The molecule has 2 rings (SSSR count). The zero-order valence-electron chi connectivity index (χ0n) is 21.2. The summed E-state index contributed by atoms with van der Waals surface area (Å²) in [5.41, 5.74) is 0.761. The molecule has 0 saturated carbocycles. The molecule has 0 spiro atoms. The number of hydrogen-bond acceptors (Lipinski definition) is 4. The molecule has 0 aromatic heterocycles. The Hall–Kier alpha value is -3.31. The van der Waals surface area contributed by atoms with Gasteiger partial charge in [-0.25, -0.2) is 0 Å². The Labute approximate surface area is 236 Å². The number of rotatable bonds is 12. The first kappa shape index (κ1) is 32.9. The minimum atomic E-state index is -4.98. The van der Waals surface area contributed by atoms with E-state index in [1.165, 1.54) is 50.3 Å². The van der Waals surface area contributed by atoms with Crippen molar-refractivity contribution in [3.8, 4) is 0 Å². The van der Waals surface area contributed by atoms with Crippen LogP contribution in [0, 0.1) is 11.8 Å². The quantitative estimate of drug-likeness (QED) is 0.177. The lowest BCUT2D eigenvalue weighted by molar-refractivity contribution is -0.167. The van der Waals surface area contributed by atoms with Gasteiger partial charge in [-0.3, -0.25) is 19.2 Å². The van der Waals surface area contributed by atoms with Crippen LogP contribution in [0.4, 0.5) is 22.0 Å². The first-order chi connectivity index (χ1) is 18.5. The lowest BCUT2D eigenvalue weighted by Crippen LogP contribution is -2.51. The van der Waals surface area contributed by atoms with Gasteiger partial charge in [0.1, 0.15) is 12.6 Å². The molecule has 0 aliphatic heterocycles. The van der Waals surface area contributed by atoms with Gasteiger partial charge >= 0.3 is 12.1 Å². The van der Waals surface area contributed by atoms with E-state index >= 15 is 0 Å². The van der Waals surface area contributed by atoms with Crippen LogP contribution >= 0.6 is 23.2 Å². The van der Waals surface area contributed by atoms with Crippen LogP contribution < -0.4 is 10.6 Å². The third-order valence-electron chi connectivity index (χ3n) is 5.66. The summed E-state index contributed by atoms with van der Waals surface area (Å²) in [6.07, 6.45) is -3.33. The summed E-state index contributed by atoms with van der Waals surface area (Å²) < 4.78 is 66.2. The van der Waals surface area contributed by atoms with Gasteiger partial charge in [-0.05, 0) is 41.3 Å². The van der Waals surface area contributed by atoms with Crippen molar-refractivity contribution in [1.29, 1.82) is 0 Å². The highest BCUT2D eigenvalue weighted by Crippen LogP contribution is 2.30. The summed E-state index contributed by atoms with van der Waals surface area (Å²) in [6.45, 7) is 0.625. The number of Topliss-reactive ketones (excluding diaryl/α,β-unsaturated/α-hetero) is 2. The van der Waals surface area contributed by atoms with Crippen molar-refractivity contribution in [3.63, 3.8) is 0 Å². The fraction of sp³-hybridized carbons (Fsp3) is 0.333. The number of nitrogens with one attached hydrogen (secondary N) is 2. The zero-order chi connectivity index (χ0) is 30.3. The maximum absolute atomic E-state index is 14.6. The number of hydrogen-bond donors (Lipinski definition) is 2. The minimum Gasteiger partial charge on any atom is -0.341 e. The lowest BCUT2D eigenvalue weighted by Gasteiger charge is -2.26. The van der Waals surface area contributed by atoms with E-state index in [0.717, 1.165) is 11.4 Å². The monoisotopic (exact) mass is 606 g/mol. The Kier molecular flexibility index (Phi) is 11.4. The highest BCUT2D eigenvalue weighted by atomic mass is 35.5. The largest absolute Gasteiger partial charge is 0.405 e. The van der Waals surface area contributed by atoms with Crippen molar-refractivity contribution in [2.24, 2.45) is 11.8 Å². The van der Waals surface area contributed by atoms with E-state index in [2.05, 4.69) is 5.32 Å². The normalized spacial score (nSPS) is 13.7. The molecule has 216 valence electrons. The minimum absolute atomic E-state index is 0.282. The van der Waals surface area contributed by atoms with E-state index in [9.17, 15) is 41.1 Å². The topological polar surface area (TPSA) is 92.3 Å². The molecule has 2 amide bonds. The number of halogens is 7. The molecule has 0 aliphatic carbocycles. The van der Waals surface area contributed by atoms with Gasteiger partial charge in [0.25, 0.3) is 5.91 Å². The van der Waals surface area contributed by atoms with Crippen LogP contribution in [0.3, 0.4) is 0 Å². The molecule has 0 fully saturated rings. The second-order valence-electron chi connectivity index (χ2n) is 9.15. The molecule has 13 heteroatoms. The highest BCUT2D eigenvalue weighted by Gasteiger charge is 2.51. The lowest BCUT2D eigenvalue weighted by atomic mass is 9.82. The maximum atomic E-state index is 14.6. The van der Waals surface area contributed by atoms with Gasteiger partial charge in [0.15, 0.2) is 5.78 Å². The van der Waals surface area contributed by atoms with E-state index in [-0.39, 0.29) is 5.56 Å². The van der Waals surface area contributed by atoms with Crippen molar-refractivity contribution >= 4 is 52.7 Å². The molecule has 0 saturated heterocycles. The number of alkyl halides is 5. The summed E-state index contributed by atoms with van der Waals surface area (Å²) in [6, 6.07) is 10.9.